The Morgan fingerprint density at radius 3 is 2.55 bits per heavy atom. The van der Waals surface area contributed by atoms with E-state index in [0.29, 0.717) is 11.3 Å². The summed E-state index contributed by atoms with van der Waals surface area (Å²) in [5.74, 6) is -1.42. The lowest BCUT2D eigenvalue weighted by Gasteiger charge is -2.12. The summed E-state index contributed by atoms with van der Waals surface area (Å²) in [7, 11) is 0. The third-order valence-corrected chi connectivity index (χ3v) is 5.36. The monoisotopic (exact) mass is 433 g/mol. The Morgan fingerprint density at radius 2 is 1.93 bits per heavy atom. The molecule has 1 aliphatic rings. The lowest BCUT2D eigenvalue weighted by molar-refractivity contribution is -0.147. The number of hydrogen-bond acceptors (Lipinski definition) is 4. The number of halogens is 3. The van der Waals surface area contributed by atoms with E-state index in [1.54, 1.807) is 36.4 Å². The molecule has 2 unspecified atom stereocenters. The zero-order chi connectivity index (χ0) is 21.2. The minimum atomic E-state index is -0.675. The summed E-state index contributed by atoms with van der Waals surface area (Å²) in [5, 5.41) is 9.54. The highest BCUT2D eigenvalue weighted by molar-refractivity contribution is 6.55. The van der Waals surface area contributed by atoms with Gasteiger partial charge in [-0.2, -0.15) is 5.26 Å². The van der Waals surface area contributed by atoms with Gasteiger partial charge in [-0.25, -0.2) is 4.39 Å². The van der Waals surface area contributed by atoms with Gasteiger partial charge in [0.2, 0.25) is 0 Å². The highest BCUT2D eigenvalue weighted by atomic mass is 35.5. The van der Waals surface area contributed by atoms with Gasteiger partial charge >= 0.3 is 5.97 Å². The Labute approximate surface area is 178 Å². The number of nitriles is 1. The van der Waals surface area contributed by atoms with E-state index in [-0.39, 0.29) is 39.7 Å². The molecule has 0 N–H and O–H groups in total. The Morgan fingerprint density at radius 1 is 1.24 bits per heavy atom. The van der Waals surface area contributed by atoms with Gasteiger partial charge in [0, 0.05) is 5.56 Å². The number of benzene rings is 2. The van der Waals surface area contributed by atoms with Crippen LogP contribution < -0.4 is 4.74 Å². The molecule has 150 valence electrons. The van der Waals surface area contributed by atoms with Crippen LogP contribution in [0.1, 0.15) is 25.0 Å². The van der Waals surface area contributed by atoms with Crippen molar-refractivity contribution in [1.29, 1.82) is 5.26 Å². The van der Waals surface area contributed by atoms with E-state index in [2.05, 4.69) is 0 Å². The number of esters is 1. The van der Waals surface area contributed by atoms with E-state index in [0.717, 1.165) is 0 Å². The van der Waals surface area contributed by atoms with E-state index in [1.165, 1.54) is 12.1 Å². The zero-order valence-electron chi connectivity index (χ0n) is 15.8. The van der Waals surface area contributed by atoms with Crippen LogP contribution in [0.15, 0.2) is 53.0 Å². The first-order valence-electron chi connectivity index (χ1n) is 8.89. The smallest absolute Gasteiger partial charge is 0.310 e. The Kier molecular flexibility index (Phi) is 6.16. The SMILES string of the molecule is CC1(C)C(C=C(Cl)Cl)C1C(=O)OCc1ccc(F)c(Oc2ccccc2)c1C#N. The number of ether oxygens (including phenoxy) is 2. The van der Waals surface area contributed by atoms with Crippen LogP contribution in [0, 0.1) is 34.4 Å². The van der Waals surface area contributed by atoms with Crippen molar-refractivity contribution in [3.63, 3.8) is 0 Å². The second kappa shape index (κ2) is 8.44. The van der Waals surface area contributed by atoms with Crippen molar-refractivity contribution < 1.29 is 18.7 Å². The number of carbonyl (C=O) groups is 1. The molecule has 0 amide bonds. The van der Waals surface area contributed by atoms with Gasteiger partial charge in [0.15, 0.2) is 11.6 Å². The van der Waals surface area contributed by atoms with Crippen molar-refractivity contribution >= 4 is 29.2 Å². The van der Waals surface area contributed by atoms with Crippen LogP contribution >= 0.6 is 23.2 Å². The molecule has 0 aliphatic heterocycles. The van der Waals surface area contributed by atoms with Gasteiger partial charge in [-0.05, 0) is 35.6 Å². The maximum absolute atomic E-state index is 14.3. The largest absolute Gasteiger partial charge is 0.461 e. The number of allylic oxidation sites excluding steroid dienone is 1. The Balaban J connectivity index is 1.77. The lowest BCUT2D eigenvalue weighted by Crippen LogP contribution is -2.11. The van der Waals surface area contributed by atoms with Crippen molar-refractivity contribution in [2.75, 3.05) is 0 Å². The second-order valence-electron chi connectivity index (χ2n) is 7.33. The van der Waals surface area contributed by atoms with Gasteiger partial charge < -0.3 is 9.47 Å². The standard InChI is InChI=1S/C22H18Cl2FNO3/c1-22(2)16(10-18(23)24)19(22)21(27)28-12-13-8-9-17(25)20(15(13)11-26)29-14-6-4-3-5-7-14/h3-10,16,19H,12H2,1-2H3. The molecule has 1 fully saturated rings. The third-order valence-electron chi connectivity index (χ3n) is 5.11. The molecule has 0 aromatic heterocycles. The fourth-order valence-corrected chi connectivity index (χ4v) is 3.63. The number of carbonyl (C=O) groups excluding carboxylic acids is 1. The van der Waals surface area contributed by atoms with Crippen molar-refractivity contribution in [2.45, 2.75) is 20.5 Å². The normalized spacial score (nSPS) is 19.0. The molecular formula is C22H18Cl2FNO3. The van der Waals surface area contributed by atoms with E-state index in [1.807, 2.05) is 19.9 Å². The van der Waals surface area contributed by atoms with Crippen LogP contribution in [0.2, 0.25) is 0 Å². The average Bonchev–Trinajstić information content (AvgIpc) is 3.21. The molecule has 1 saturated carbocycles. The summed E-state index contributed by atoms with van der Waals surface area (Å²) in [6.07, 6.45) is 1.62. The van der Waals surface area contributed by atoms with Crippen LogP contribution in [0.25, 0.3) is 0 Å². The Bertz CT molecular complexity index is 995. The molecule has 2 atom stereocenters. The van der Waals surface area contributed by atoms with Crippen molar-refractivity contribution in [2.24, 2.45) is 17.3 Å². The Hall–Kier alpha value is -2.55. The summed E-state index contributed by atoms with van der Waals surface area (Å²) in [6, 6.07) is 13.1. The topological polar surface area (TPSA) is 59.3 Å². The molecule has 4 nitrogen and oxygen atoms in total. The molecular weight excluding hydrogens is 416 g/mol. The predicted molar refractivity (Wildman–Crippen MR) is 108 cm³/mol. The van der Waals surface area contributed by atoms with Gasteiger partial charge in [-0.15, -0.1) is 0 Å². The molecule has 0 heterocycles. The lowest BCUT2D eigenvalue weighted by atomic mass is 10.1. The number of rotatable bonds is 6. The number of hydrogen-bond donors (Lipinski definition) is 0. The van der Waals surface area contributed by atoms with Gasteiger partial charge in [-0.1, -0.05) is 61.3 Å². The summed E-state index contributed by atoms with van der Waals surface area (Å²) in [5.41, 5.74) is 0.0141. The molecule has 3 rings (SSSR count). The molecule has 29 heavy (non-hydrogen) atoms. The summed E-state index contributed by atoms with van der Waals surface area (Å²) < 4.78 is 25.4. The quantitative estimate of drug-likeness (QED) is 0.514. The maximum Gasteiger partial charge on any atom is 0.310 e. The van der Waals surface area contributed by atoms with Crippen LogP contribution in [-0.4, -0.2) is 5.97 Å². The molecule has 0 saturated heterocycles. The van der Waals surface area contributed by atoms with E-state index < -0.39 is 11.8 Å². The highest BCUT2D eigenvalue weighted by Crippen LogP contribution is 2.60. The van der Waals surface area contributed by atoms with Gasteiger partial charge in [0.25, 0.3) is 0 Å². The van der Waals surface area contributed by atoms with Crippen LogP contribution in [-0.2, 0) is 16.1 Å². The summed E-state index contributed by atoms with van der Waals surface area (Å²) in [6.45, 7) is 3.66. The second-order valence-corrected chi connectivity index (χ2v) is 8.33. The van der Waals surface area contributed by atoms with Gasteiger partial charge in [-0.3, -0.25) is 4.79 Å². The van der Waals surface area contributed by atoms with Gasteiger partial charge in [0.1, 0.15) is 28.5 Å². The third kappa shape index (κ3) is 4.55. The first-order valence-corrected chi connectivity index (χ1v) is 9.65. The first-order chi connectivity index (χ1) is 13.8. The van der Waals surface area contributed by atoms with Crippen molar-refractivity contribution in [3.8, 4) is 17.6 Å². The van der Waals surface area contributed by atoms with Crippen molar-refractivity contribution in [3.05, 3.63) is 70.0 Å². The average molecular weight is 434 g/mol. The van der Waals surface area contributed by atoms with Crippen LogP contribution in [0.4, 0.5) is 4.39 Å². The fraction of sp³-hybridized carbons (Fsp3) is 0.273. The summed E-state index contributed by atoms with van der Waals surface area (Å²) >= 11 is 11.4. The van der Waals surface area contributed by atoms with E-state index >= 15 is 0 Å². The van der Waals surface area contributed by atoms with E-state index in [4.69, 9.17) is 32.7 Å². The van der Waals surface area contributed by atoms with Gasteiger partial charge in [0.05, 0.1) is 5.92 Å². The maximum atomic E-state index is 14.3. The van der Waals surface area contributed by atoms with E-state index in [9.17, 15) is 14.4 Å². The zero-order valence-corrected chi connectivity index (χ0v) is 17.3. The predicted octanol–water partition coefficient (Wildman–Crippen LogP) is 6.12. The number of nitrogens with zero attached hydrogens (tertiary/aromatic N) is 1. The molecule has 0 radical (unpaired) electrons. The van der Waals surface area contributed by atoms with Crippen molar-refractivity contribution in [1.82, 2.24) is 0 Å². The van der Waals surface area contributed by atoms with Crippen LogP contribution in [0.5, 0.6) is 11.5 Å². The minimum Gasteiger partial charge on any atom is -0.461 e. The molecule has 1 aliphatic carbocycles. The number of para-hydroxylation sites is 1. The molecule has 0 bridgehead atoms. The van der Waals surface area contributed by atoms with Crippen LogP contribution in [0.3, 0.4) is 0 Å². The fourth-order valence-electron chi connectivity index (χ4n) is 3.36. The molecule has 2 aromatic rings. The first kappa shape index (κ1) is 21.2. The summed E-state index contributed by atoms with van der Waals surface area (Å²) in [4.78, 5) is 12.5. The minimum absolute atomic E-state index is 0.0167. The molecule has 2 aromatic carbocycles. The highest BCUT2D eigenvalue weighted by Gasteiger charge is 2.61. The molecule has 0 spiro atoms. The molecule has 7 heteroatoms.